The van der Waals surface area contributed by atoms with Crippen LogP contribution in [0.1, 0.15) is 0 Å². The highest BCUT2D eigenvalue weighted by atomic mass is 16.5. The minimum Gasteiger partial charge on any atom is -0.496 e. The number of rotatable bonds is 6. The molecule has 0 N–H and O–H groups in total. The smallest absolute Gasteiger partial charge is 0.171 e. The maximum Gasteiger partial charge on any atom is 0.171 e. The van der Waals surface area contributed by atoms with E-state index in [1.54, 1.807) is 33.5 Å². The molecule has 0 aliphatic carbocycles. The number of nitrogens with zero attached hydrogens (tertiary/aromatic N) is 3. The van der Waals surface area contributed by atoms with Gasteiger partial charge in [-0.3, -0.25) is 0 Å². The fourth-order valence-electron chi connectivity index (χ4n) is 3.15. The van der Waals surface area contributed by atoms with E-state index in [0.29, 0.717) is 40.3 Å². The summed E-state index contributed by atoms with van der Waals surface area (Å²) in [5.74, 6) is 3.32. The third-order valence-corrected chi connectivity index (χ3v) is 4.64. The molecule has 0 saturated heterocycles. The molecule has 0 fully saturated rings. The van der Waals surface area contributed by atoms with Crippen LogP contribution in [0.4, 0.5) is 0 Å². The summed E-state index contributed by atoms with van der Waals surface area (Å²) >= 11 is 0. The van der Waals surface area contributed by atoms with Crippen LogP contribution >= 0.6 is 0 Å². The molecule has 0 bridgehead atoms. The first-order valence-corrected chi connectivity index (χ1v) is 9.40. The van der Waals surface area contributed by atoms with Crippen molar-refractivity contribution >= 4 is 0 Å². The van der Waals surface area contributed by atoms with Gasteiger partial charge >= 0.3 is 0 Å². The van der Waals surface area contributed by atoms with Crippen LogP contribution in [0.25, 0.3) is 34.2 Å². The summed E-state index contributed by atoms with van der Waals surface area (Å²) in [6, 6.07) is 23.2. The van der Waals surface area contributed by atoms with Gasteiger partial charge in [-0.2, -0.15) is 0 Å². The van der Waals surface area contributed by atoms with E-state index in [4.69, 9.17) is 29.2 Å². The fourth-order valence-corrected chi connectivity index (χ4v) is 3.15. The van der Waals surface area contributed by atoms with Crippen molar-refractivity contribution in [1.82, 2.24) is 15.0 Å². The molecule has 4 aromatic rings. The molecule has 0 radical (unpaired) electrons. The Hall–Kier alpha value is -3.93. The molecular weight excluding hydrogens is 378 g/mol. The molecule has 0 spiro atoms. The maximum absolute atomic E-state index is 5.62. The number of benzene rings is 3. The first kappa shape index (κ1) is 19.4. The minimum absolute atomic E-state index is 0.457. The lowest BCUT2D eigenvalue weighted by Gasteiger charge is -2.15. The first-order valence-electron chi connectivity index (χ1n) is 9.40. The summed E-state index contributed by atoms with van der Waals surface area (Å²) in [4.78, 5) is 14.2. The molecule has 4 rings (SSSR count). The van der Waals surface area contributed by atoms with E-state index in [1.165, 1.54) is 0 Å². The highest BCUT2D eigenvalue weighted by molar-refractivity contribution is 5.76. The fraction of sp³-hybridized carbons (Fsp3) is 0.125. The van der Waals surface area contributed by atoms with Crippen LogP contribution in [0.5, 0.6) is 17.2 Å². The summed E-state index contributed by atoms with van der Waals surface area (Å²) in [7, 11) is 4.78. The van der Waals surface area contributed by atoms with Crippen molar-refractivity contribution in [3.63, 3.8) is 0 Å². The lowest BCUT2D eigenvalue weighted by atomic mass is 10.1. The van der Waals surface area contributed by atoms with E-state index >= 15 is 0 Å². The summed E-state index contributed by atoms with van der Waals surface area (Å²) in [5, 5.41) is 0. The van der Waals surface area contributed by atoms with Gasteiger partial charge in [0.1, 0.15) is 22.8 Å². The van der Waals surface area contributed by atoms with E-state index in [1.807, 2.05) is 60.7 Å². The Morgan fingerprint density at radius 2 is 0.967 bits per heavy atom. The monoisotopic (exact) mass is 399 g/mol. The third kappa shape index (κ3) is 3.80. The number of ether oxygens (including phenoxy) is 3. The Morgan fingerprint density at radius 1 is 0.533 bits per heavy atom. The van der Waals surface area contributed by atoms with E-state index in [-0.39, 0.29) is 0 Å². The highest BCUT2D eigenvalue weighted by Crippen LogP contribution is 2.41. The Morgan fingerprint density at radius 3 is 1.37 bits per heavy atom. The Bertz CT molecular complexity index is 1070. The van der Waals surface area contributed by atoms with Crippen molar-refractivity contribution in [3.05, 3.63) is 72.8 Å². The van der Waals surface area contributed by atoms with Gasteiger partial charge in [-0.1, -0.05) is 60.7 Å². The number of aromatic nitrogens is 3. The predicted molar refractivity (Wildman–Crippen MR) is 116 cm³/mol. The number of hydrogen-bond donors (Lipinski definition) is 0. The van der Waals surface area contributed by atoms with Gasteiger partial charge in [0.05, 0.1) is 21.3 Å². The molecule has 30 heavy (non-hydrogen) atoms. The summed E-state index contributed by atoms with van der Waals surface area (Å²) in [5.41, 5.74) is 2.42. The van der Waals surface area contributed by atoms with E-state index in [0.717, 1.165) is 11.1 Å². The van der Waals surface area contributed by atoms with Crippen LogP contribution in [0.15, 0.2) is 72.8 Å². The Labute approximate surface area is 175 Å². The highest BCUT2D eigenvalue weighted by Gasteiger charge is 2.20. The van der Waals surface area contributed by atoms with Crippen molar-refractivity contribution in [2.75, 3.05) is 21.3 Å². The normalized spacial score (nSPS) is 10.5. The van der Waals surface area contributed by atoms with E-state index in [9.17, 15) is 0 Å². The van der Waals surface area contributed by atoms with Gasteiger partial charge < -0.3 is 14.2 Å². The second kappa shape index (κ2) is 8.61. The maximum atomic E-state index is 5.62. The van der Waals surface area contributed by atoms with Crippen LogP contribution in [0.2, 0.25) is 0 Å². The van der Waals surface area contributed by atoms with Gasteiger partial charge in [0, 0.05) is 23.3 Å². The molecule has 0 aliphatic heterocycles. The molecule has 6 nitrogen and oxygen atoms in total. The number of methoxy groups -OCH3 is 3. The number of hydrogen-bond acceptors (Lipinski definition) is 6. The van der Waals surface area contributed by atoms with Crippen molar-refractivity contribution in [2.24, 2.45) is 0 Å². The lowest BCUT2D eigenvalue weighted by molar-refractivity contribution is 0.377. The molecule has 0 atom stereocenters. The molecule has 0 unspecified atom stereocenters. The van der Waals surface area contributed by atoms with Gasteiger partial charge in [-0.25, -0.2) is 15.0 Å². The zero-order valence-electron chi connectivity index (χ0n) is 17.0. The lowest BCUT2D eigenvalue weighted by Crippen LogP contribution is -2.03. The quantitative estimate of drug-likeness (QED) is 0.459. The summed E-state index contributed by atoms with van der Waals surface area (Å²) < 4.78 is 16.6. The van der Waals surface area contributed by atoms with Crippen LogP contribution < -0.4 is 14.2 Å². The predicted octanol–water partition coefficient (Wildman–Crippen LogP) is 4.90. The molecule has 1 heterocycles. The van der Waals surface area contributed by atoms with E-state index in [2.05, 4.69) is 0 Å². The standard InChI is InChI=1S/C24H21N3O3/c1-28-18-14-19(29-2)21(20(15-18)30-3)24-26-22(16-10-6-4-7-11-16)25-23(27-24)17-12-8-5-9-13-17/h4-15H,1-3H3. The molecule has 0 amide bonds. The van der Waals surface area contributed by atoms with E-state index < -0.39 is 0 Å². The van der Waals surface area contributed by atoms with Crippen molar-refractivity contribution in [2.45, 2.75) is 0 Å². The largest absolute Gasteiger partial charge is 0.496 e. The van der Waals surface area contributed by atoms with Gasteiger partial charge in [-0.05, 0) is 0 Å². The minimum atomic E-state index is 0.457. The molecule has 0 aliphatic rings. The van der Waals surface area contributed by atoms with Crippen LogP contribution in [0.3, 0.4) is 0 Å². The zero-order valence-corrected chi connectivity index (χ0v) is 17.0. The molecule has 6 heteroatoms. The van der Waals surface area contributed by atoms with Gasteiger partial charge in [0.25, 0.3) is 0 Å². The second-order valence-corrected chi connectivity index (χ2v) is 6.45. The van der Waals surface area contributed by atoms with Crippen molar-refractivity contribution < 1.29 is 14.2 Å². The van der Waals surface area contributed by atoms with Gasteiger partial charge in [-0.15, -0.1) is 0 Å². The van der Waals surface area contributed by atoms with Crippen LogP contribution in [0, 0.1) is 0 Å². The summed E-state index contributed by atoms with van der Waals surface area (Å²) in [6.07, 6.45) is 0. The molecule has 3 aromatic carbocycles. The second-order valence-electron chi connectivity index (χ2n) is 6.45. The Kier molecular flexibility index (Phi) is 5.57. The van der Waals surface area contributed by atoms with Crippen molar-refractivity contribution in [3.8, 4) is 51.4 Å². The van der Waals surface area contributed by atoms with Gasteiger partial charge in [0.15, 0.2) is 17.5 Å². The van der Waals surface area contributed by atoms with Crippen LogP contribution in [-0.2, 0) is 0 Å². The zero-order chi connectivity index (χ0) is 20.9. The van der Waals surface area contributed by atoms with Crippen LogP contribution in [-0.4, -0.2) is 36.3 Å². The summed E-state index contributed by atoms with van der Waals surface area (Å²) in [6.45, 7) is 0. The third-order valence-electron chi connectivity index (χ3n) is 4.64. The molecule has 150 valence electrons. The van der Waals surface area contributed by atoms with Crippen molar-refractivity contribution in [1.29, 1.82) is 0 Å². The Balaban J connectivity index is 1.99. The average Bonchev–Trinajstić information content (AvgIpc) is 2.83. The molecular formula is C24H21N3O3. The molecule has 1 aromatic heterocycles. The SMILES string of the molecule is COc1cc(OC)c(-c2nc(-c3ccccc3)nc(-c3ccccc3)n2)c(OC)c1. The average molecular weight is 399 g/mol. The topological polar surface area (TPSA) is 66.4 Å². The molecule has 0 saturated carbocycles. The first-order chi connectivity index (χ1) is 14.7. The van der Waals surface area contributed by atoms with Gasteiger partial charge in [0.2, 0.25) is 0 Å².